The number of ether oxygens (including phenoxy) is 1. The second-order valence-corrected chi connectivity index (χ2v) is 9.07. The number of rotatable bonds is 2. The normalized spacial score (nSPS) is 21.6. The molecule has 0 atom stereocenters. The number of fused-ring (bicyclic) bond motifs is 1. The smallest absolute Gasteiger partial charge is 0.320 e. The zero-order valence-electron chi connectivity index (χ0n) is 15.3. The molecule has 0 N–H and O–H groups in total. The van der Waals surface area contributed by atoms with E-state index in [4.69, 9.17) is 4.74 Å². The number of urea groups is 1. The Labute approximate surface area is 160 Å². The van der Waals surface area contributed by atoms with Crippen LogP contribution >= 0.6 is 0 Å². The van der Waals surface area contributed by atoms with Crippen molar-refractivity contribution < 1.29 is 17.9 Å². The number of hydrogen-bond acceptors (Lipinski definition) is 4. The van der Waals surface area contributed by atoms with Gasteiger partial charge in [-0.3, -0.25) is 0 Å². The van der Waals surface area contributed by atoms with Crippen LogP contribution in [0.3, 0.4) is 0 Å². The topological polar surface area (TPSA) is 70.2 Å². The van der Waals surface area contributed by atoms with Crippen molar-refractivity contribution in [3.63, 3.8) is 0 Å². The van der Waals surface area contributed by atoms with E-state index in [2.05, 4.69) is 0 Å². The number of carbonyl (C=O) groups is 1. The zero-order valence-corrected chi connectivity index (χ0v) is 16.2. The quantitative estimate of drug-likeness (QED) is 0.764. The molecular weight excluding hydrogens is 366 g/mol. The van der Waals surface area contributed by atoms with E-state index in [1.54, 1.807) is 15.9 Å². The first-order valence-corrected chi connectivity index (χ1v) is 10.9. The van der Waals surface area contributed by atoms with Crippen LogP contribution in [0, 0.1) is 0 Å². The fourth-order valence-corrected chi connectivity index (χ4v) is 5.46. The van der Waals surface area contributed by atoms with E-state index in [-0.39, 0.29) is 6.03 Å². The van der Waals surface area contributed by atoms with Gasteiger partial charge in [0, 0.05) is 39.3 Å². The highest BCUT2D eigenvalue weighted by atomic mass is 32.2. The van der Waals surface area contributed by atoms with Crippen molar-refractivity contribution in [2.24, 2.45) is 0 Å². The first-order chi connectivity index (χ1) is 13.1. The van der Waals surface area contributed by atoms with Crippen LogP contribution in [0.2, 0.25) is 0 Å². The van der Waals surface area contributed by atoms with Crippen LogP contribution in [-0.4, -0.2) is 81.0 Å². The van der Waals surface area contributed by atoms with E-state index in [1.165, 1.54) is 9.87 Å². The van der Waals surface area contributed by atoms with Crippen molar-refractivity contribution >= 4 is 22.1 Å². The minimum absolute atomic E-state index is 0.0128. The molecule has 146 valence electrons. The standard InChI is InChI=1S/C19H25N3O4S/c23-19(21-11-13-26-14-12-21)20-7-9-22(10-8-20)27(24,25)18-6-5-16-3-1-2-4-17(16)15-18/h1-4,15H,5-14H2. The highest BCUT2D eigenvalue weighted by Gasteiger charge is 2.33. The molecule has 2 fully saturated rings. The fraction of sp³-hybridized carbons (Fsp3) is 0.526. The molecule has 0 unspecified atom stereocenters. The molecule has 0 bridgehead atoms. The van der Waals surface area contributed by atoms with Crippen LogP contribution in [0.5, 0.6) is 0 Å². The highest BCUT2D eigenvalue weighted by molar-refractivity contribution is 7.93. The Balaban J connectivity index is 1.42. The molecular formula is C19H25N3O4S. The molecule has 7 nitrogen and oxygen atoms in total. The van der Waals surface area contributed by atoms with Crippen molar-refractivity contribution in [3.05, 3.63) is 40.3 Å². The lowest BCUT2D eigenvalue weighted by atomic mass is 9.98. The number of amides is 2. The van der Waals surface area contributed by atoms with E-state index >= 15 is 0 Å². The summed E-state index contributed by atoms with van der Waals surface area (Å²) in [6, 6.07) is 7.91. The average molecular weight is 391 g/mol. The summed E-state index contributed by atoms with van der Waals surface area (Å²) in [5, 5.41) is 0. The van der Waals surface area contributed by atoms with Crippen LogP contribution < -0.4 is 0 Å². The van der Waals surface area contributed by atoms with Crippen molar-refractivity contribution in [1.82, 2.24) is 14.1 Å². The molecule has 1 aromatic carbocycles. The molecule has 2 amide bonds. The largest absolute Gasteiger partial charge is 0.378 e. The molecule has 3 aliphatic rings. The van der Waals surface area contributed by atoms with Gasteiger partial charge >= 0.3 is 6.03 Å². The number of allylic oxidation sites excluding steroid dienone is 1. The van der Waals surface area contributed by atoms with Crippen LogP contribution in [-0.2, 0) is 21.2 Å². The Morgan fingerprint density at radius 2 is 1.56 bits per heavy atom. The van der Waals surface area contributed by atoms with Gasteiger partial charge in [0.25, 0.3) is 0 Å². The van der Waals surface area contributed by atoms with Crippen LogP contribution in [0.4, 0.5) is 4.79 Å². The van der Waals surface area contributed by atoms with Gasteiger partial charge in [0.1, 0.15) is 0 Å². The molecule has 0 radical (unpaired) electrons. The second kappa shape index (κ2) is 7.61. The van der Waals surface area contributed by atoms with Gasteiger partial charge in [-0.25, -0.2) is 13.2 Å². The number of benzene rings is 1. The lowest BCUT2D eigenvalue weighted by Crippen LogP contribution is -2.55. The van der Waals surface area contributed by atoms with Gasteiger partial charge in [-0.05, 0) is 30.0 Å². The lowest BCUT2D eigenvalue weighted by Gasteiger charge is -2.38. The minimum atomic E-state index is -3.48. The van der Waals surface area contributed by atoms with Gasteiger partial charge in [0.05, 0.1) is 18.1 Å². The molecule has 0 aromatic heterocycles. The molecule has 2 saturated heterocycles. The first kappa shape index (κ1) is 18.5. The maximum atomic E-state index is 13.1. The summed E-state index contributed by atoms with van der Waals surface area (Å²) >= 11 is 0. The van der Waals surface area contributed by atoms with E-state index in [0.29, 0.717) is 63.8 Å². The van der Waals surface area contributed by atoms with Crippen LogP contribution in [0.25, 0.3) is 6.08 Å². The summed E-state index contributed by atoms with van der Waals surface area (Å²) in [7, 11) is -3.48. The third-order valence-corrected chi connectivity index (χ3v) is 7.50. The van der Waals surface area contributed by atoms with E-state index in [0.717, 1.165) is 12.0 Å². The molecule has 0 saturated carbocycles. The third kappa shape index (κ3) is 3.74. The number of carbonyl (C=O) groups excluding carboxylic acids is 1. The predicted molar refractivity (Wildman–Crippen MR) is 103 cm³/mol. The summed E-state index contributed by atoms with van der Waals surface area (Å²) in [5.74, 6) is 0. The van der Waals surface area contributed by atoms with Gasteiger partial charge in [0.15, 0.2) is 0 Å². The Morgan fingerprint density at radius 1 is 0.889 bits per heavy atom. The molecule has 0 spiro atoms. The Kier molecular flexibility index (Phi) is 5.21. The number of aryl methyl sites for hydroxylation is 1. The molecule has 27 heavy (non-hydrogen) atoms. The van der Waals surface area contributed by atoms with Crippen molar-refractivity contribution in [3.8, 4) is 0 Å². The van der Waals surface area contributed by atoms with Gasteiger partial charge in [-0.15, -0.1) is 0 Å². The van der Waals surface area contributed by atoms with Crippen LogP contribution in [0.15, 0.2) is 29.2 Å². The van der Waals surface area contributed by atoms with Crippen molar-refractivity contribution in [1.29, 1.82) is 0 Å². The number of nitrogens with zero attached hydrogens (tertiary/aromatic N) is 3. The van der Waals surface area contributed by atoms with Gasteiger partial charge in [0.2, 0.25) is 10.0 Å². The van der Waals surface area contributed by atoms with Gasteiger partial charge in [-0.1, -0.05) is 24.3 Å². The molecule has 1 aliphatic carbocycles. The number of morpholine rings is 1. The maximum Gasteiger partial charge on any atom is 0.320 e. The van der Waals surface area contributed by atoms with Gasteiger partial charge < -0.3 is 14.5 Å². The summed E-state index contributed by atoms with van der Waals surface area (Å²) in [6.45, 7) is 3.88. The van der Waals surface area contributed by atoms with Crippen molar-refractivity contribution in [2.75, 3.05) is 52.5 Å². The predicted octanol–water partition coefficient (Wildman–Crippen LogP) is 1.37. The van der Waals surface area contributed by atoms with Gasteiger partial charge in [-0.2, -0.15) is 4.31 Å². The Hall–Kier alpha value is -1.90. The van der Waals surface area contributed by atoms with E-state index in [1.807, 2.05) is 24.3 Å². The second-order valence-electron chi connectivity index (χ2n) is 7.08. The highest BCUT2D eigenvalue weighted by Crippen LogP contribution is 2.29. The summed E-state index contributed by atoms with van der Waals surface area (Å²) in [5.41, 5.74) is 2.18. The third-order valence-electron chi connectivity index (χ3n) is 5.47. The Bertz CT molecular complexity index is 838. The van der Waals surface area contributed by atoms with E-state index < -0.39 is 10.0 Å². The summed E-state index contributed by atoms with van der Waals surface area (Å²) in [4.78, 5) is 16.6. The average Bonchev–Trinajstić information content (AvgIpc) is 2.73. The maximum absolute atomic E-state index is 13.1. The number of piperazine rings is 1. The molecule has 1 aromatic rings. The minimum Gasteiger partial charge on any atom is -0.378 e. The molecule has 4 rings (SSSR count). The first-order valence-electron chi connectivity index (χ1n) is 9.46. The number of hydrogen-bond donors (Lipinski definition) is 0. The molecule has 2 aliphatic heterocycles. The summed E-state index contributed by atoms with van der Waals surface area (Å²) < 4.78 is 32.9. The number of sulfonamides is 1. The molecule has 8 heteroatoms. The fourth-order valence-electron chi connectivity index (χ4n) is 3.85. The summed E-state index contributed by atoms with van der Waals surface area (Å²) in [6.07, 6.45) is 3.09. The Morgan fingerprint density at radius 3 is 2.30 bits per heavy atom. The van der Waals surface area contributed by atoms with Crippen molar-refractivity contribution in [2.45, 2.75) is 12.8 Å². The molecule has 2 heterocycles. The lowest BCUT2D eigenvalue weighted by molar-refractivity contribution is 0.0405. The SMILES string of the molecule is O=C(N1CCOCC1)N1CCN(S(=O)(=O)C2=Cc3ccccc3CC2)CC1. The van der Waals surface area contributed by atoms with E-state index in [9.17, 15) is 13.2 Å². The van der Waals surface area contributed by atoms with Crippen LogP contribution in [0.1, 0.15) is 17.5 Å². The monoisotopic (exact) mass is 391 g/mol. The zero-order chi connectivity index (χ0) is 18.9.